The minimum absolute atomic E-state index is 0.199. The summed E-state index contributed by atoms with van der Waals surface area (Å²) in [6.07, 6.45) is 0.832. The third-order valence-electron chi connectivity index (χ3n) is 2.39. The molecular weight excluding hydrogens is 240 g/mol. The third-order valence-corrected chi connectivity index (χ3v) is 2.72. The Labute approximate surface area is 106 Å². The Morgan fingerprint density at radius 2 is 2.29 bits per heavy atom. The molecule has 1 atom stereocenters. The van der Waals surface area contributed by atoms with Crippen molar-refractivity contribution in [1.82, 2.24) is 0 Å². The van der Waals surface area contributed by atoms with Crippen molar-refractivity contribution in [1.29, 1.82) is 0 Å². The monoisotopic (exact) mass is 256 g/mol. The third kappa shape index (κ3) is 3.91. The molecule has 0 saturated carbocycles. The molecule has 0 bridgehead atoms. The highest BCUT2D eigenvalue weighted by molar-refractivity contribution is 6.33. The van der Waals surface area contributed by atoms with E-state index in [9.17, 15) is 4.79 Å². The maximum atomic E-state index is 11.4. The van der Waals surface area contributed by atoms with E-state index in [4.69, 9.17) is 17.3 Å². The number of benzene rings is 1. The highest BCUT2D eigenvalue weighted by Crippen LogP contribution is 2.24. The fraction of sp³-hybridized carbons (Fsp3) is 0.417. The van der Waals surface area contributed by atoms with Crippen LogP contribution in [0.25, 0.3) is 0 Å². The number of hydrogen-bond donors (Lipinski definition) is 2. The summed E-state index contributed by atoms with van der Waals surface area (Å²) < 4.78 is 4.65. The Morgan fingerprint density at radius 1 is 1.59 bits per heavy atom. The predicted octanol–water partition coefficient (Wildman–Crippen LogP) is 2.28. The van der Waals surface area contributed by atoms with Gasteiger partial charge in [-0.2, -0.15) is 0 Å². The number of esters is 1. The zero-order valence-electron chi connectivity index (χ0n) is 10.00. The Kier molecular flexibility index (Phi) is 5.25. The van der Waals surface area contributed by atoms with E-state index in [2.05, 4.69) is 10.1 Å². The quantitative estimate of drug-likeness (QED) is 0.794. The molecule has 3 N–H and O–H groups in total. The van der Waals surface area contributed by atoms with Gasteiger partial charge < -0.3 is 15.8 Å². The Hall–Kier alpha value is -1.26. The van der Waals surface area contributed by atoms with E-state index in [-0.39, 0.29) is 12.0 Å². The molecule has 94 valence electrons. The van der Waals surface area contributed by atoms with Crippen LogP contribution >= 0.6 is 11.6 Å². The number of methoxy groups -OCH3 is 1. The van der Waals surface area contributed by atoms with E-state index in [1.807, 2.05) is 6.92 Å². The summed E-state index contributed by atoms with van der Waals surface area (Å²) in [5.41, 5.74) is 6.66. The van der Waals surface area contributed by atoms with Crippen LogP contribution in [-0.4, -0.2) is 25.7 Å². The lowest BCUT2D eigenvalue weighted by atomic mass is 10.1. The highest BCUT2D eigenvalue weighted by Gasteiger charge is 2.10. The first kappa shape index (κ1) is 13.8. The number of ether oxygens (including phenoxy) is 1. The molecule has 0 spiro atoms. The lowest BCUT2D eigenvalue weighted by Gasteiger charge is -2.16. The highest BCUT2D eigenvalue weighted by atomic mass is 35.5. The lowest BCUT2D eigenvalue weighted by molar-refractivity contribution is 0.0601. The molecule has 0 amide bonds. The van der Waals surface area contributed by atoms with Crippen molar-refractivity contribution < 1.29 is 9.53 Å². The Bertz CT molecular complexity index is 396. The standard InChI is InChI=1S/C12H17ClN2O2/c1-8(5-6-14)15-11-7-9(12(16)17-2)3-4-10(11)13/h3-4,7-8,15H,5-6,14H2,1-2H3. The van der Waals surface area contributed by atoms with Crippen LogP contribution in [0.15, 0.2) is 18.2 Å². The second-order valence-electron chi connectivity index (χ2n) is 3.81. The number of hydrogen-bond acceptors (Lipinski definition) is 4. The van der Waals surface area contributed by atoms with E-state index in [1.165, 1.54) is 7.11 Å². The number of carbonyl (C=O) groups is 1. The zero-order valence-corrected chi connectivity index (χ0v) is 10.8. The summed E-state index contributed by atoms with van der Waals surface area (Å²) >= 11 is 6.04. The van der Waals surface area contributed by atoms with Gasteiger partial charge in [0.1, 0.15) is 0 Å². The molecule has 1 rings (SSSR count). The fourth-order valence-electron chi connectivity index (χ4n) is 1.47. The van der Waals surface area contributed by atoms with Gasteiger partial charge >= 0.3 is 5.97 Å². The maximum Gasteiger partial charge on any atom is 0.337 e. The van der Waals surface area contributed by atoms with Gasteiger partial charge in [0.05, 0.1) is 23.4 Å². The van der Waals surface area contributed by atoms with Gasteiger partial charge in [0, 0.05) is 6.04 Å². The van der Waals surface area contributed by atoms with Crippen molar-refractivity contribution in [3.05, 3.63) is 28.8 Å². The maximum absolute atomic E-state index is 11.4. The molecule has 1 unspecified atom stereocenters. The van der Waals surface area contributed by atoms with E-state index in [1.54, 1.807) is 18.2 Å². The molecule has 0 radical (unpaired) electrons. The Balaban J connectivity index is 2.86. The van der Waals surface area contributed by atoms with Crippen LogP contribution in [0.2, 0.25) is 5.02 Å². The van der Waals surface area contributed by atoms with Crippen molar-refractivity contribution in [2.75, 3.05) is 19.0 Å². The summed E-state index contributed by atoms with van der Waals surface area (Å²) in [6.45, 7) is 2.61. The van der Waals surface area contributed by atoms with Gasteiger partial charge in [-0.05, 0) is 38.1 Å². The van der Waals surface area contributed by atoms with Gasteiger partial charge in [-0.3, -0.25) is 0 Å². The molecule has 0 aromatic heterocycles. The number of nitrogens with one attached hydrogen (secondary N) is 1. The van der Waals surface area contributed by atoms with Gasteiger partial charge in [-0.1, -0.05) is 11.6 Å². The molecule has 1 aromatic carbocycles. The smallest absolute Gasteiger partial charge is 0.337 e. The van der Waals surface area contributed by atoms with Gasteiger partial charge in [-0.25, -0.2) is 4.79 Å². The molecule has 0 fully saturated rings. The summed E-state index contributed by atoms with van der Waals surface area (Å²) in [6, 6.07) is 5.18. The first-order valence-electron chi connectivity index (χ1n) is 5.43. The van der Waals surface area contributed by atoms with E-state index >= 15 is 0 Å². The normalized spacial score (nSPS) is 12.0. The van der Waals surface area contributed by atoms with Gasteiger partial charge in [0.25, 0.3) is 0 Å². The lowest BCUT2D eigenvalue weighted by Crippen LogP contribution is -2.19. The molecule has 5 heteroatoms. The van der Waals surface area contributed by atoms with Crippen molar-refractivity contribution in [3.63, 3.8) is 0 Å². The number of nitrogens with two attached hydrogens (primary N) is 1. The predicted molar refractivity (Wildman–Crippen MR) is 69.5 cm³/mol. The Morgan fingerprint density at radius 3 is 2.88 bits per heavy atom. The van der Waals surface area contributed by atoms with Crippen LogP contribution in [0.5, 0.6) is 0 Å². The van der Waals surface area contributed by atoms with E-state index < -0.39 is 0 Å². The molecule has 0 aliphatic heterocycles. The second-order valence-corrected chi connectivity index (χ2v) is 4.22. The zero-order chi connectivity index (χ0) is 12.8. The van der Waals surface area contributed by atoms with Crippen molar-refractivity contribution in [2.45, 2.75) is 19.4 Å². The minimum Gasteiger partial charge on any atom is -0.465 e. The SMILES string of the molecule is COC(=O)c1ccc(Cl)c(NC(C)CCN)c1. The van der Waals surface area contributed by atoms with Gasteiger partial charge in [0.15, 0.2) is 0 Å². The van der Waals surface area contributed by atoms with Crippen molar-refractivity contribution in [2.24, 2.45) is 5.73 Å². The molecule has 0 heterocycles. The molecule has 0 saturated heterocycles. The number of anilines is 1. The van der Waals surface area contributed by atoms with Crippen molar-refractivity contribution in [3.8, 4) is 0 Å². The largest absolute Gasteiger partial charge is 0.465 e. The molecule has 4 nitrogen and oxygen atoms in total. The first-order chi connectivity index (χ1) is 8.08. The molecule has 0 aliphatic rings. The summed E-state index contributed by atoms with van der Waals surface area (Å²) in [5, 5.41) is 3.78. The molecular formula is C12H17ClN2O2. The fourth-order valence-corrected chi connectivity index (χ4v) is 1.64. The summed E-state index contributed by atoms with van der Waals surface area (Å²) in [5.74, 6) is -0.379. The second kappa shape index (κ2) is 6.47. The van der Waals surface area contributed by atoms with Crippen molar-refractivity contribution >= 4 is 23.3 Å². The van der Waals surface area contributed by atoms with Crippen LogP contribution in [0.4, 0.5) is 5.69 Å². The van der Waals surface area contributed by atoms with Crippen LogP contribution in [0.3, 0.4) is 0 Å². The molecule has 1 aromatic rings. The topological polar surface area (TPSA) is 64.3 Å². The number of halogens is 1. The number of rotatable bonds is 5. The summed E-state index contributed by atoms with van der Waals surface area (Å²) in [7, 11) is 1.35. The van der Waals surface area contributed by atoms with E-state index in [0.29, 0.717) is 17.1 Å². The van der Waals surface area contributed by atoms with Crippen LogP contribution in [0.1, 0.15) is 23.7 Å². The first-order valence-corrected chi connectivity index (χ1v) is 5.80. The average Bonchev–Trinajstić information content (AvgIpc) is 2.31. The van der Waals surface area contributed by atoms with Crippen LogP contribution in [-0.2, 0) is 4.74 Å². The van der Waals surface area contributed by atoms with E-state index in [0.717, 1.165) is 12.1 Å². The average molecular weight is 257 g/mol. The van der Waals surface area contributed by atoms with Crippen LogP contribution in [0, 0.1) is 0 Å². The molecule has 0 aliphatic carbocycles. The van der Waals surface area contributed by atoms with Gasteiger partial charge in [-0.15, -0.1) is 0 Å². The molecule has 17 heavy (non-hydrogen) atoms. The van der Waals surface area contributed by atoms with Gasteiger partial charge in [0.2, 0.25) is 0 Å². The summed E-state index contributed by atoms with van der Waals surface area (Å²) in [4.78, 5) is 11.4. The van der Waals surface area contributed by atoms with Crippen LogP contribution < -0.4 is 11.1 Å². The minimum atomic E-state index is -0.379. The number of carbonyl (C=O) groups excluding carboxylic acids is 1.